The summed E-state index contributed by atoms with van der Waals surface area (Å²) in [6.45, 7) is 4.28. The van der Waals surface area contributed by atoms with Crippen LogP contribution in [0.2, 0.25) is 0 Å². The molecule has 2 heterocycles. The molecule has 2 aliphatic heterocycles. The SMILES string of the molecule is CCOc1cc([C@@H]2C(C(=O)OC[C@@H]3CCCO3)=C(C)NC3=C2C(=O)CCC3)cc([N+](=O)[O-])c1O. The van der Waals surface area contributed by atoms with Gasteiger partial charge in [0, 0.05) is 42.0 Å². The van der Waals surface area contributed by atoms with Crippen molar-refractivity contribution in [3.8, 4) is 11.5 Å². The van der Waals surface area contributed by atoms with Crippen molar-refractivity contribution in [3.63, 3.8) is 0 Å². The van der Waals surface area contributed by atoms with E-state index in [0.717, 1.165) is 12.8 Å². The maximum atomic E-state index is 13.3. The van der Waals surface area contributed by atoms with Gasteiger partial charge in [0.05, 0.1) is 23.2 Å². The number of nitro benzene ring substituents is 1. The predicted octanol–water partition coefficient (Wildman–Crippen LogP) is 3.39. The first-order valence-electron chi connectivity index (χ1n) is 11.5. The van der Waals surface area contributed by atoms with Crippen LogP contribution in [0, 0.1) is 10.1 Å². The van der Waals surface area contributed by atoms with E-state index >= 15 is 0 Å². The molecule has 3 aliphatic rings. The molecule has 0 saturated carbocycles. The Labute approximate surface area is 196 Å². The zero-order valence-corrected chi connectivity index (χ0v) is 19.2. The zero-order chi connectivity index (χ0) is 24.4. The van der Waals surface area contributed by atoms with Gasteiger partial charge in [-0.15, -0.1) is 0 Å². The van der Waals surface area contributed by atoms with Crippen molar-refractivity contribution in [1.29, 1.82) is 0 Å². The standard InChI is InChI=1S/C24H28N2O8/c1-3-32-19-11-14(10-17(23(19)28)26(30)31)21-20(24(29)34-12-15-6-5-9-33-15)13(2)25-16-7-4-8-18(27)22(16)21/h10-11,15,21,25,28H,3-9,12H2,1-2H3/t15-,21+/m0/s1. The molecule has 182 valence electrons. The van der Waals surface area contributed by atoms with Crippen LogP contribution in [0.1, 0.15) is 57.4 Å². The summed E-state index contributed by atoms with van der Waals surface area (Å²) in [4.78, 5) is 37.3. The summed E-state index contributed by atoms with van der Waals surface area (Å²) in [5, 5.41) is 25.2. The number of nitro groups is 1. The summed E-state index contributed by atoms with van der Waals surface area (Å²) in [7, 11) is 0. The summed E-state index contributed by atoms with van der Waals surface area (Å²) in [6.07, 6.45) is 3.12. The number of phenolic OH excluding ortho intramolecular Hbond substituents is 1. The summed E-state index contributed by atoms with van der Waals surface area (Å²) in [5.74, 6) is -2.33. The van der Waals surface area contributed by atoms with E-state index in [-0.39, 0.29) is 36.4 Å². The van der Waals surface area contributed by atoms with Crippen molar-refractivity contribution in [3.05, 3.63) is 50.4 Å². The molecule has 1 aliphatic carbocycles. The van der Waals surface area contributed by atoms with Crippen molar-refractivity contribution >= 4 is 17.4 Å². The number of aromatic hydroxyl groups is 1. The number of ether oxygens (including phenoxy) is 3. The molecule has 10 nitrogen and oxygen atoms in total. The average molecular weight is 472 g/mol. The normalized spacial score (nSPS) is 22.4. The molecule has 4 rings (SSSR count). The molecule has 0 amide bonds. The highest BCUT2D eigenvalue weighted by molar-refractivity contribution is 6.03. The third-order valence-corrected chi connectivity index (χ3v) is 6.33. The Balaban J connectivity index is 1.81. The number of nitrogens with zero attached hydrogens (tertiary/aromatic N) is 1. The molecule has 34 heavy (non-hydrogen) atoms. The highest BCUT2D eigenvalue weighted by atomic mass is 16.6. The number of ketones is 1. The number of phenols is 1. The molecule has 0 spiro atoms. The number of carbonyl (C=O) groups is 2. The van der Waals surface area contributed by atoms with E-state index in [1.807, 2.05) is 0 Å². The first-order chi connectivity index (χ1) is 16.3. The molecule has 1 saturated heterocycles. The van der Waals surface area contributed by atoms with Crippen LogP contribution in [0.4, 0.5) is 5.69 Å². The monoisotopic (exact) mass is 472 g/mol. The molecule has 0 aromatic heterocycles. The lowest BCUT2D eigenvalue weighted by atomic mass is 9.75. The average Bonchev–Trinajstić information content (AvgIpc) is 3.32. The van der Waals surface area contributed by atoms with Gasteiger partial charge in [-0.1, -0.05) is 0 Å². The van der Waals surface area contributed by atoms with Crippen LogP contribution in [0.15, 0.2) is 34.7 Å². The fraction of sp³-hybridized carbons (Fsp3) is 0.500. The van der Waals surface area contributed by atoms with Crippen LogP contribution in [0.25, 0.3) is 0 Å². The van der Waals surface area contributed by atoms with Gasteiger partial charge in [-0.25, -0.2) is 4.79 Å². The van der Waals surface area contributed by atoms with Gasteiger partial charge in [0.1, 0.15) is 6.61 Å². The minimum Gasteiger partial charge on any atom is -0.500 e. The molecule has 0 bridgehead atoms. The topological polar surface area (TPSA) is 137 Å². The van der Waals surface area contributed by atoms with E-state index in [4.69, 9.17) is 14.2 Å². The Morgan fingerprint density at radius 1 is 1.32 bits per heavy atom. The molecule has 1 aromatic carbocycles. The Morgan fingerprint density at radius 3 is 2.79 bits per heavy atom. The van der Waals surface area contributed by atoms with E-state index in [1.54, 1.807) is 13.8 Å². The largest absolute Gasteiger partial charge is 0.500 e. The molecule has 2 atom stereocenters. The van der Waals surface area contributed by atoms with Crippen molar-refractivity contribution < 1.29 is 33.8 Å². The van der Waals surface area contributed by atoms with E-state index < -0.39 is 28.2 Å². The van der Waals surface area contributed by atoms with E-state index in [2.05, 4.69) is 5.32 Å². The summed E-state index contributed by atoms with van der Waals surface area (Å²) >= 11 is 0. The van der Waals surface area contributed by atoms with Gasteiger partial charge in [0.2, 0.25) is 5.75 Å². The maximum absolute atomic E-state index is 13.3. The Morgan fingerprint density at radius 2 is 2.12 bits per heavy atom. The Kier molecular flexibility index (Phi) is 6.87. The van der Waals surface area contributed by atoms with Crippen molar-refractivity contribution in [2.45, 2.75) is 58.0 Å². The number of carbonyl (C=O) groups excluding carboxylic acids is 2. The van der Waals surface area contributed by atoms with Gasteiger partial charge < -0.3 is 24.6 Å². The molecule has 10 heteroatoms. The number of dihydropyridines is 1. The quantitative estimate of drug-likeness (QED) is 0.347. The number of rotatable bonds is 7. The van der Waals surface area contributed by atoms with Crippen LogP contribution in [-0.2, 0) is 19.1 Å². The maximum Gasteiger partial charge on any atom is 0.336 e. The highest BCUT2D eigenvalue weighted by Gasteiger charge is 2.40. The Hall–Kier alpha value is -3.40. The lowest BCUT2D eigenvalue weighted by molar-refractivity contribution is -0.386. The van der Waals surface area contributed by atoms with Crippen LogP contribution in [0.5, 0.6) is 11.5 Å². The number of Topliss-reactive ketones (excluding diaryl/α,β-unsaturated/α-hetero) is 1. The number of nitrogens with one attached hydrogen (secondary N) is 1. The molecule has 1 aromatic rings. The number of benzene rings is 1. The van der Waals surface area contributed by atoms with Crippen molar-refractivity contribution in [2.75, 3.05) is 19.8 Å². The summed E-state index contributed by atoms with van der Waals surface area (Å²) in [5.41, 5.74) is 1.56. The number of hydrogen-bond donors (Lipinski definition) is 2. The number of esters is 1. The summed E-state index contributed by atoms with van der Waals surface area (Å²) in [6, 6.07) is 2.65. The second-order valence-electron chi connectivity index (χ2n) is 8.58. The molecule has 1 fully saturated rings. The second kappa shape index (κ2) is 9.84. The fourth-order valence-electron chi connectivity index (χ4n) is 4.79. The third-order valence-electron chi connectivity index (χ3n) is 6.33. The van der Waals surface area contributed by atoms with Gasteiger partial charge in [-0.05, 0) is 51.2 Å². The predicted molar refractivity (Wildman–Crippen MR) is 120 cm³/mol. The lowest BCUT2D eigenvalue weighted by Crippen LogP contribution is -2.35. The molecule has 0 radical (unpaired) electrons. The molecule has 2 N–H and O–H groups in total. The van der Waals surface area contributed by atoms with Gasteiger partial charge in [0.25, 0.3) is 0 Å². The third kappa shape index (κ3) is 4.50. The van der Waals surface area contributed by atoms with E-state index in [1.165, 1.54) is 12.1 Å². The molecule has 0 unspecified atom stereocenters. The molecular weight excluding hydrogens is 444 g/mol. The van der Waals surface area contributed by atoms with Gasteiger partial charge in [0.15, 0.2) is 11.5 Å². The van der Waals surface area contributed by atoms with E-state index in [9.17, 15) is 24.8 Å². The highest BCUT2D eigenvalue weighted by Crippen LogP contribution is 2.47. The first-order valence-corrected chi connectivity index (χ1v) is 11.5. The fourth-order valence-corrected chi connectivity index (χ4v) is 4.79. The second-order valence-corrected chi connectivity index (χ2v) is 8.58. The van der Waals surface area contributed by atoms with Crippen LogP contribution >= 0.6 is 0 Å². The zero-order valence-electron chi connectivity index (χ0n) is 19.2. The lowest BCUT2D eigenvalue weighted by Gasteiger charge is -2.34. The Bertz CT molecular complexity index is 1080. The smallest absolute Gasteiger partial charge is 0.336 e. The van der Waals surface area contributed by atoms with E-state index in [0.29, 0.717) is 48.4 Å². The van der Waals surface area contributed by atoms with Crippen LogP contribution < -0.4 is 10.1 Å². The number of hydrogen-bond acceptors (Lipinski definition) is 9. The van der Waals surface area contributed by atoms with Crippen LogP contribution in [0.3, 0.4) is 0 Å². The van der Waals surface area contributed by atoms with Crippen LogP contribution in [-0.4, -0.2) is 47.7 Å². The first kappa shape index (κ1) is 23.7. The van der Waals surface area contributed by atoms with Gasteiger partial charge in [-0.2, -0.15) is 0 Å². The molecular formula is C24H28N2O8. The number of allylic oxidation sites excluding steroid dienone is 3. The minimum absolute atomic E-state index is 0.0830. The minimum atomic E-state index is -0.889. The van der Waals surface area contributed by atoms with Gasteiger partial charge >= 0.3 is 11.7 Å². The van der Waals surface area contributed by atoms with Gasteiger partial charge in [-0.3, -0.25) is 14.9 Å². The summed E-state index contributed by atoms with van der Waals surface area (Å²) < 4.78 is 16.5. The van der Waals surface area contributed by atoms with Crippen molar-refractivity contribution in [2.24, 2.45) is 0 Å². The van der Waals surface area contributed by atoms with Crippen molar-refractivity contribution in [1.82, 2.24) is 5.32 Å².